The lowest BCUT2D eigenvalue weighted by atomic mass is 10.3. The third-order valence-corrected chi connectivity index (χ3v) is 5.08. The van der Waals surface area contributed by atoms with Gasteiger partial charge in [-0.15, -0.1) is 0 Å². The second-order valence-corrected chi connectivity index (χ2v) is 12.2. The average Bonchev–Trinajstić information content (AvgIpc) is 2.75. The quantitative estimate of drug-likeness (QED) is 0.462. The molecule has 2 aromatic rings. The smallest absolute Gasteiger partial charge is 0.193 e. The van der Waals surface area contributed by atoms with Crippen LogP contribution in [0.1, 0.15) is 7.43 Å². The third-order valence-electron chi connectivity index (χ3n) is 2.92. The van der Waals surface area contributed by atoms with Crippen LogP contribution in [0.2, 0.25) is 25.7 Å². The lowest BCUT2D eigenvalue weighted by Gasteiger charge is -2.15. The Hall–Kier alpha value is -1.03. The van der Waals surface area contributed by atoms with Crippen molar-refractivity contribution >= 4 is 32.9 Å². The molecule has 20 heavy (non-hydrogen) atoms. The van der Waals surface area contributed by atoms with Gasteiger partial charge >= 0.3 is 0 Å². The summed E-state index contributed by atoms with van der Waals surface area (Å²) in [4.78, 5) is 4.32. The van der Waals surface area contributed by atoms with Gasteiger partial charge in [-0.25, -0.2) is 4.98 Å². The van der Waals surface area contributed by atoms with Gasteiger partial charge in [0.25, 0.3) is 0 Å². The van der Waals surface area contributed by atoms with E-state index in [9.17, 15) is 4.57 Å². The van der Waals surface area contributed by atoms with Crippen molar-refractivity contribution in [2.45, 2.75) is 39.8 Å². The Morgan fingerprint density at radius 1 is 1.40 bits per heavy atom. The van der Waals surface area contributed by atoms with Crippen molar-refractivity contribution in [3.8, 4) is 0 Å². The van der Waals surface area contributed by atoms with Crippen molar-refractivity contribution in [2.75, 3.05) is 6.61 Å². The molecule has 0 bridgehead atoms. The number of aromatic nitrogens is 2. The van der Waals surface area contributed by atoms with Crippen LogP contribution in [-0.4, -0.2) is 24.2 Å². The van der Waals surface area contributed by atoms with Gasteiger partial charge in [0, 0.05) is 32.5 Å². The maximum Gasteiger partial charge on any atom is 0.193 e. The lowest BCUT2D eigenvalue weighted by Crippen LogP contribution is -2.22. The highest BCUT2D eigenvalue weighted by molar-refractivity contribution is 7.34. The molecule has 0 spiro atoms. The summed E-state index contributed by atoms with van der Waals surface area (Å²) in [5.41, 5.74) is 0.875. The minimum absolute atomic E-state index is 0. The van der Waals surface area contributed by atoms with Gasteiger partial charge in [0.15, 0.2) is 8.46 Å². The van der Waals surface area contributed by atoms with Crippen molar-refractivity contribution < 1.29 is 9.30 Å². The number of hydrogen-bond acceptors (Lipinski definition) is 3. The van der Waals surface area contributed by atoms with Crippen LogP contribution < -0.4 is 5.30 Å². The summed E-state index contributed by atoms with van der Waals surface area (Å²) < 4.78 is 18.5. The van der Waals surface area contributed by atoms with E-state index in [4.69, 9.17) is 4.74 Å². The Balaban J connectivity index is 0.00000200. The fraction of sp³-hybridized carbons (Fsp3) is 0.500. The van der Waals surface area contributed by atoms with Crippen LogP contribution in [0, 0.1) is 0 Å². The summed E-state index contributed by atoms with van der Waals surface area (Å²) in [6, 6.07) is 5.02. The highest BCUT2D eigenvalue weighted by atomic mass is 31.1. The van der Waals surface area contributed by atoms with Crippen molar-refractivity contribution in [1.29, 1.82) is 0 Å². The second-order valence-electron chi connectivity index (χ2n) is 5.83. The first-order chi connectivity index (χ1) is 8.99. The van der Waals surface area contributed by atoms with E-state index in [1.165, 1.54) is 6.04 Å². The van der Waals surface area contributed by atoms with E-state index < -0.39 is 8.07 Å². The van der Waals surface area contributed by atoms with Crippen LogP contribution in [0.4, 0.5) is 0 Å². The summed E-state index contributed by atoms with van der Waals surface area (Å²) in [6.45, 7) is 8.34. The van der Waals surface area contributed by atoms with Crippen molar-refractivity contribution in [1.82, 2.24) is 9.55 Å². The molecule has 0 aliphatic rings. The summed E-state index contributed by atoms with van der Waals surface area (Å²) in [7, 11) is -1.02. The van der Waals surface area contributed by atoms with Crippen LogP contribution in [0.25, 0.3) is 11.0 Å². The standard InChI is InChI=1S/C13H19N2O2PSi.CH4/c1-19(2,3)7-6-17-10-15-5-4-11-8-12(18-16)9-14-13(11)15;/h4-5,8-9H,6-7,10H2,1-3H3;1H4. The fourth-order valence-corrected chi connectivity index (χ4v) is 2.82. The molecule has 110 valence electrons. The number of ether oxygens (including phenoxy) is 1. The van der Waals surface area contributed by atoms with Crippen LogP contribution in [0.3, 0.4) is 0 Å². The van der Waals surface area contributed by atoms with Crippen molar-refractivity contribution in [2.24, 2.45) is 0 Å². The first-order valence-electron chi connectivity index (χ1n) is 6.35. The van der Waals surface area contributed by atoms with Gasteiger partial charge in [-0.3, -0.25) is 4.57 Å². The SMILES string of the molecule is C.C[Si](C)(C)CCOCn1ccc2cc(P=O)cnc21. The monoisotopic (exact) mass is 310 g/mol. The number of pyridine rings is 1. The molecule has 0 atom stereocenters. The summed E-state index contributed by atoms with van der Waals surface area (Å²) in [5, 5.41) is 1.69. The van der Waals surface area contributed by atoms with Gasteiger partial charge in [0.05, 0.1) is 5.30 Å². The van der Waals surface area contributed by atoms with Gasteiger partial charge in [0.2, 0.25) is 0 Å². The largest absolute Gasteiger partial charge is 0.361 e. The highest BCUT2D eigenvalue weighted by Crippen LogP contribution is 2.14. The molecule has 0 aliphatic heterocycles. The predicted octanol–water partition coefficient (Wildman–Crippen LogP) is 3.90. The van der Waals surface area contributed by atoms with Gasteiger partial charge in [-0.1, -0.05) is 27.1 Å². The van der Waals surface area contributed by atoms with E-state index in [1.807, 2.05) is 22.9 Å². The van der Waals surface area contributed by atoms with E-state index in [0.29, 0.717) is 12.0 Å². The number of rotatable bonds is 6. The van der Waals surface area contributed by atoms with E-state index in [0.717, 1.165) is 17.6 Å². The topological polar surface area (TPSA) is 44.1 Å². The average molecular weight is 310 g/mol. The van der Waals surface area contributed by atoms with Gasteiger partial charge in [0.1, 0.15) is 12.4 Å². The Labute approximate surface area is 123 Å². The molecule has 0 saturated carbocycles. The predicted molar refractivity (Wildman–Crippen MR) is 87.8 cm³/mol. The minimum atomic E-state index is -1.03. The van der Waals surface area contributed by atoms with Crippen LogP contribution in [-0.2, 0) is 16.0 Å². The first kappa shape index (κ1) is 17.0. The molecule has 0 radical (unpaired) electrons. The summed E-state index contributed by atoms with van der Waals surface area (Å²) in [5.74, 6) is 0. The molecule has 0 aliphatic carbocycles. The van der Waals surface area contributed by atoms with Crippen LogP contribution in [0.15, 0.2) is 24.5 Å². The Morgan fingerprint density at radius 2 is 2.15 bits per heavy atom. The zero-order chi connectivity index (χ0) is 13.9. The first-order valence-corrected chi connectivity index (χ1v) is 10.9. The maximum absolute atomic E-state index is 10.8. The molecule has 0 unspecified atom stereocenters. The normalized spacial score (nSPS) is 11.8. The number of hydrogen-bond donors (Lipinski definition) is 0. The molecular formula is C14H23N2O2PSi. The van der Waals surface area contributed by atoms with Crippen LogP contribution in [0.5, 0.6) is 0 Å². The molecule has 2 heterocycles. The van der Waals surface area contributed by atoms with Crippen molar-refractivity contribution in [3.63, 3.8) is 0 Å². The van der Waals surface area contributed by atoms with Gasteiger partial charge in [-0.05, 0) is 18.2 Å². The van der Waals surface area contributed by atoms with Gasteiger partial charge < -0.3 is 9.30 Å². The Morgan fingerprint density at radius 3 is 2.80 bits per heavy atom. The summed E-state index contributed by atoms with van der Waals surface area (Å²) in [6.07, 6.45) is 3.59. The number of fused-ring (bicyclic) bond motifs is 1. The third kappa shape index (κ3) is 4.51. The maximum atomic E-state index is 10.8. The van der Waals surface area contributed by atoms with Crippen molar-refractivity contribution in [3.05, 3.63) is 24.5 Å². The number of nitrogens with zero attached hydrogens (tertiary/aromatic N) is 2. The van der Waals surface area contributed by atoms with E-state index in [1.54, 1.807) is 6.20 Å². The zero-order valence-corrected chi connectivity index (χ0v) is 13.5. The summed E-state index contributed by atoms with van der Waals surface area (Å²) >= 11 is 0. The fourth-order valence-electron chi connectivity index (χ4n) is 1.76. The molecule has 0 N–H and O–H groups in total. The molecular weight excluding hydrogens is 287 g/mol. The molecule has 0 amide bonds. The van der Waals surface area contributed by atoms with E-state index >= 15 is 0 Å². The molecule has 0 saturated heterocycles. The molecule has 6 heteroatoms. The lowest BCUT2D eigenvalue weighted by molar-refractivity contribution is 0.0899. The highest BCUT2D eigenvalue weighted by Gasteiger charge is 2.12. The molecule has 4 nitrogen and oxygen atoms in total. The zero-order valence-electron chi connectivity index (χ0n) is 11.6. The van der Waals surface area contributed by atoms with E-state index in [-0.39, 0.29) is 15.9 Å². The molecule has 0 fully saturated rings. The van der Waals surface area contributed by atoms with E-state index in [2.05, 4.69) is 24.6 Å². The molecule has 2 rings (SSSR count). The molecule has 0 aromatic carbocycles. The van der Waals surface area contributed by atoms with Crippen LogP contribution >= 0.6 is 8.46 Å². The second kappa shape index (κ2) is 7.11. The molecule has 2 aromatic heterocycles. The van der Waals surface area contributed by atoms with Gasteiger partial charge in [-0.2, -0.15) is 0 Å². The minimum Gasteiger partial charge on any atom is -0.361 e. The Kier molecular flexibility index (Phi) is 6.05. The Bertz CT molecular complexity index is 578.